The maximum atomic E-state index is 13.5. The van der Waals surface area contributed by atoms with Crippen LogP contribution in [0.2, 0.25) is 0 Å². The van der Waals surface area contributed by atoms with Gasteiger partial charge in [-0.25, -0.2) is 14.2 Å². The highest BCUT2D eigenvalue weighted by Crippen LogP contribution is 2.44. The van der Waals surface area contributed by atoms with E-state index >= 15 is 0 Å². The van der Waals surface area contributed by atoms with Crippen LogP contribution in [0.5, 0.6) is 0 Å². The number of hydrogen-bond donors (Lipinski definition) is 1. The number of halogens is 1. The molecule has 1 aliphatic rings. The molecule has 9 heteroatoms. The standard InChI is InChI=1S/C27H19FN2O5S/c1-14-3-12-19-20(13-14)36-27(29-19)30-22(15-4-6-17(7-5-15)26(34)35-2)21(24(32)25(30)33)23(31)16-8-10-18(28)11-9-16/h3-13,22,31H,1-2H3. The predicted octanol–water partition coefficient (Wildman–Crippen LogP) is 5.16. The number of carbonyl (C=O) groups is 3. The van der Waals surface area contributed by atoms with Gasteiger partial charge >= 0.3 is 11.9 Å². The highest BCUT2D eigenvalue weighted by Gasteiger charge is 2.48. The molecule has 5 rings (SSSR count). The van der Waals surface area contributed by atoms with E-state index in [1.807, 2.05) is 25.1 Å². The van der Waals surface area contributed by atoms with Crippen LogP contribution in [-0.2, 0) is 14.3 Å². The molecule has 1 aliphatic heterocycles. The van der Waals surface area contributed by atoms with Gasteiger partial charge in [0.05, 0.1) is 34.5 Å². The summed E-state index contributed by atoms with van der Waals surface area (Å²) in [4.78, 5) is 44.3. The number of fused-ring (bicyclic) bond motifs is 1. The van der Waals surface area contributed by atoms with Crippen LogP contribution in [0, 0.1) is 12.7 Å². The molecule has 1 unspecified atom stereocenters. The lowest BCUT2D eigenvalue weighted by Gasteiger charge is -2.23. The molecule has 1 fully saturated rings. The average Bonchev–Trinajstić information content (AvgIpc) is 3.41. The van der Waals surface area contributed by atoms with E-state index in [9.17, 15) is 23.9 Å². The molecule has 180 valence electrons. The van der Waals surface area contributed by atoms with Crippen molar-refractivity contribution in [1.82, 2.24) is 4.98 Å². The smallest absolute Gasteiger partial charge is 0.337 e. The summed E-state index contributed by atoms with van der Waals surface area (Å²) in [5.74, 6) is -3.23. The molecule has 36 heavy (non-hydrogen) atoms. The van der Waals surface area contributed by atoms with E-state index in [1.165, 1.54) is 47.6 Å². The van der Waals surface area contributed by atoms with Gasteiger partial charge < -0.3 is 9.84 Å². The third-order valence-corrected chi connectivity index (χ3v) is 6.97. The maximum Gasteiger partial charge on any atom is 0.337 e. The van der Waals surface area contributed by atoms with Crippen LogP contribution in [0.15, 0.2) is 72.3 Å². The van der Waals surface area contributed by atoms with Gasteiger partial charge in [0.2, 0.25) is 0 Å². The first-order valence-corrected chi connectivity index (χ1v) is 11.7. The van der Waals surface area contributed by atoms with Gasteiger partial charge in [-0.15, -0.1) is 0 Å². The molecule has 3 aromatic carbocycles. The molecule has 0 aliphatic carbocycles. The Kier molecular flexibility index (Phi) is 5.85. The fourth-order valence-electron chi connectivity index (χ4n) is 4.15. The number of aliphatic hydroxyl groups excluding tert-OH is 1. The lowest BCUT2D eigenvalue weighted by molar-refractivity contribution is -0.132. The molecule has 4 aromatic rings. The van der Waals surface area contributed by atoms with Gasteiger partial charge in [-0.2, -0.15) is 0 Å². The number of aromatic nitrogens is 1. The summed E-state index contributed by atoms with van der Waals surface area (Å²) < 4.78 is 19.1. The highest BCUT2D eigenvalue weighted by molar-refractivity contribution is 7.22. The van der Waals surface area contributed by atoms with Crippen molar-refractivity contribution in [3.05, 3.63) is 100 Å². The van der Waals surface area contributed by atoms with Gasteiger partial charge in [0, 0.05) is 5.56 Å². The van der Waals surface area contributed by atoms with Crippen molar-refractivity contribution in [2.75, 3.05) is 12.0 Å². The summed E-state index contributed by atoms with van der Waals surface area (Å²) in [6, 6.07) is 15.8. The Morgan fingerprint density at radius 1 is 1.03 bits per heavy atom. The number of benzene rings is 3. The molecule has 0 saturated carbocycles. The minimum atomic E-state index is -1.02. The van der Waals surface area contributed by atoms with Crippen molar-refractivity contribution in [2.45, 2.75) is 13.0 Å². The molecule has 1 saturated heterocycles. The molecule has 0 spiro atoms. The normalized spacial score (nSPS) is 17.1. The third kappa shape index (κ3) is 3.93. The fraction of sp³-hybridized carbons (Fsp3) is 0.111. The molecule has 1 aromatic heterocycles. The number of esters is 1. The molecule has 7 nitrogen and oxygen atoms in total. The van der Waals surface area contributed by atoms with E-state index in [-0.39, 0.29) is 21.8 Å². The van der Waals surface area contributed by atoms with Gasteiger partial charge in [0.1, 0.15) is 11.6 Å². The number of aryl methyl sites for hydroxylation is 1. The van der Waals surface area contributed by atoms with E-state index < -0.39 is 35.3 Å². The first-order chi connectivity index (χ1) is 17.3. The van der Waals surface area contributed by atoms with E-state index in [0.717, 1.165) is 22.4 Å². The van der Waals surface area contributed by atoms with Gasteiger partial charge in [-0.1, -0.05) is 29.5 Å². The zero-order valence-corrected chi connectivity index (χ0v) is 20.0. The van der Waals surface area contributed by atoms with Crippen molar-refractivity contribution >= 4 is 50.1 Å². The quantitative estimate of drug-likeness (QED) is 0.179. The lowest BCUT2D eigenvalue weighted by Crippen LogP contribution is -2.29. The number of carbonyl (C=O) groups excluding carboxylic acids is 3. The van der Waals surface area contributed by atoms with E-state index in [2.05, 4.69) is 4.98 Å². The number of ketones is 1. The molecule has 1 N–H and O–H groups in total. The monoisotopic (exact) mass is 502 g/mol. The molecular weight excluding hydrogens is 483 g/mol. The maximum absolute atomic E-state index is 13.5. The number of ether oxygens (including phenoxy) is 1. The van der Waals surface area contributed by atoms with Crippen molar-refractivity contribution in [3.63, 3.8) is 0 Å². The Balaban J connectivity index is 1.70. The van der Waals surface area contributed by atoms with Gasteiger partial charge in [-0.3, -0.25) is 14.5 Å². The van der Waals surface area contributed by atoms with Crippen LogP contribution >= 0.6 is 11.3 Å². The summed E-state index contributed by atoms with van der Waals surface area (Å²) in [5, 5.41) is 11.4. The van der Waals surface area contributed by atoms with Crippen molar-refractivity contribution < 1.29 is 28.6 Å². The Labute approximate surface area is 209 Å². The third-order valence-electron chi connectivity index (χ3n) is 5.95. The van der Waals surface area contributed by atoms with Crippen molar-refractivity contribution in [1.29, 1.82) is 0 Å². The van der Waals surface area contributed by atoms with Crippen LogP contribution in [0.4, 0.5) is 9.52 Å². The number of rotatable bonds is 4. The predicted molar refractivity (Wildman–Crippen MR) is 133 cm³/mol. The zero-order chi connectivity index (χ0) is 25.6. The fourth-order valence-corrected chi connectivity index (χ4v) is 5.24. The number of anilines is 1. The number of nitrogens with zero attached hydrogens (tertiary/aromatic N) is 2. The summed E-state index contributed by atoms with van der Waals surface area (Å²) >= 11 is 1.25. The number of thiazole rings is 1. The van der Waals surface area contributed by atoms with E-state index in [0.29, 0.717) is 11.1 Å². The minimum absolute atomic E-state index is 0.159. The summed E-state index contributed by atoms with van der Waals surface area (Å²) in [7, 11) is 1.27. The summed E-state index contributed by atoms with van der Waals surface area (Å²) in [6.07, 6.45) is 0. The van der Waals surface area contributed by atoms with E-state index in [4.69, 9.17) is 4.74 Å². The largest absolute Gasteiger partial charge is 0.507 e. The Morgan fingerprint density at radius 3 is 2.36 bits per heavy atom. The number of aliphatic hydroxyl groups is 1. The van der Waals surface area contributed by atoms with E-state index in [1.54, 1.807) is 12.1 Å². The van der Waals surface area contributed by atoms with Crippen LogP contribution in [0.1, 0.15) is 33.1 Å². The lowest BCUT2D eigenvalue weighted by atomic mass is 9.95. The second kappa shape index (κ2) is 9.01. The Hall–Kier alpha value is -4.37. The average molecular weight is 503 g/mol. The van der Waals surface area contributed by atoms with Crippen LogP contribution in [-0.4, -0.2) is 34.9 Å². The number of Topliss-reactive ketones (excluding diaryl/α,β-unsaturated/α-hetero) is 1. The van der Waals surface area contributed by atoms with Gasteiger partial charge in [-0.05, 0) is 66.6 Å². The first kappa shape index (κ1) is 23.4. The molecule has 0 bridgehead atoms. The molecule has 2 heterocycles. The second-order valence-electron chi connectivity index (χ2n) is 8.26. The number of hydrogen-bond acceptors (Lipinski definition) is 7. The number of methoxy groups -OCH3 is 1. The minimum Gasteiger partial charge on any atom is -0.507 e. The zero-order valence-electron chi connectivity index (χ0n) is 19.2. The number of amides is 1. The van der Waals surface area contributed by atoms with Crippen LogP contribution in [0.25, 0.3) is 16.0 Å². The topological polar surface area (TPSA) is 96.8 Å². The first-order valence-electron chi connectivity index (χ1n) is 10.9. The van der Waals surface area contributed by atoms with Gasteiger partial charge in [0.25, 0.3) is 5.78 Å². The van der Waals surface area contributed by atoms with Crippen LogP contribution in [0.3, 0.4) is 0 Å². The molecular formula is C27H19FN2O5S. The Bertz CT molecular complexity index is 1560. The van der Waals surface area contributed by atoms with Crippen molar-refractivity contribution in [2.24, 2.45) is 0 Å². The molecule has 1 amide bonds. The van der Waals surface area contributed by atoms with Crippen molar-refractivity contribution in [3.8, 4) is 0 Å². The summed E-state index contributed by atoms with van der Waals surface area (Å²) in [6.45, 7) is 1.94. The Morgan fingerprint density at radius 2 is 1.69 bits per heavy atom. The van der Waals surface area contributed by atoms with Crippen LogP contribution < -0.4 is 4.90 Å². The molecule has 0 radical (unpaired) electrons. The highest BCUT2D eigenvalue weighted by atomic mass is 32.1. The van der Waals surface area contributed by atoms with Gasteiger partial charge in [0.15, 0.2) is 5.13 Å². The summed E-state index contributed by atoms with van der Waals surface area (Å²) in [5.41, 5.74) is 2.47. The SMILES string of the molecule is COC(=O)c1ccc(C2C(=C(O)c3ccc(F)cc3)C(=O)C(=O)N2c2nc3ccc(C)cc3s2)cc1. The second-order valence-corrected chi connectivity index (χ2v) is 9.27. The molecule has 1 atom stereocenters.